The van der Waals surface area contributed by atoms with E-state index in [4.69, 9.17) is 5.11 Å². The molecule has 0 heterocycles. The maximum absolute atomic E-state index is 11.6. The smallest absolute Gasteiger partial charge is 0.225 e. The highest BCUT2D eigenvalue weighted by Crippen LogP contribution is 2.05. The zero-order valence-corrected chi connectivity index (χ0v) is 10.4. The summed E-state index contributed by atoms with van der Waals surface area (Å²) in [4.78, 5) is 13.6. The number of anilines is 1. The third-order valence-corrected chi connectivity index (χ3v) is 2.77. The van der Waals surface area contributed by atoms with Gasteiger partial charge in [0.1, 0.15) is 0 Å². The van der Waals surface area contributed by atoms with Crippen molar-refractivity contribution in [3.05, 3.63) is 30.3 Å². The third kappa shape index (κ3) is 4.97. The molecule has 1 aromatic rings. The number of carbonyl (C=O) groups excluding carboxylic acids is 1. The summed E-state index contributed by atoms with van der Waals surface area (Å²) in [6.45, 7) is 2.67. The van der Waals surface area contributed by atoms with E-state index in [1.54, 1.807) is 0 Å². The van der Waals surface area contributed by atoms with E-state index in [2.05, 4.69) is 5.32 Å². The number of hydrogen-bond acceptors (Lipinski definition) is 3. The maximum Gasteiger partial charge on any atom is 0.225 e. The molecule has 1 rings (SSSR count). The normalized spacial score (nSPS) is 12.5. The topological polar surface area (TPSA) is 52.6 Å². The Kier molecular flexibility index (Phi) is 5.66. The monoisotopic (exact) mass is 236 g/mol. The number of carbonyl (C=O) groups is 1. The molecule has 1 aromatic carbocycles. The first-order valence-corrected chi connectivity index (χ1v) is 5.79. The highest BCUT2D eigenvalue weighted by atomic mass is 16.3. The van der Waals surface area contributed by atoms with E-state index in [9.17, 15) is 4.79 Å². The molecular weight excluding hydrogens is 216 g/mol. The van der Waals surface area contributed by atoms with Crippen LogP contribution in [0.3, 0.4) is 0 Å². The number of amides is 1. The highest BCUT2D eigenvalue weighted by Gasteiger charge is 2.09. The molecule has 0 aliphatic carbocycles. The van der Waals surface area contributed by atoms with Crippen LogP contribution in [0.5, 0.6) is 0 Å². The van der Waals surface area contributed by atoms with Gasteiger partial charge in [-0.15, -0.1) is 0 Å². The van der Waals surface area contributed by atoms with E-state index in [-0.39, 0.29) is 18.6 Å². The van der Waals surface area contributed by atoms with Gasteiger partial charge in [-0.2, -0.15) is 0 Å². The maximum atomic E-state index is 11.6. The molecule has 17 heavy (non-hydrogen) atoms. The molecular formula is C13H20N2O2. The van der Waals surface area contributed by atoms with Crippen LogP contribution in [0.4, 0.5) is 5.69 Å². The third-order valence-electron chi connectivity index (χ3n) is 2.77. The second kappa shape index (κ2) is 7.04. The van der Waals surface area contributed by atoms with Gasteiger partial charge in [0, 0.05) is 24.7 Å². The van der Waals surface area contributed by atoms with Gasteiger partial charge >= 0.3 is 0 Å². The van der Waals surface area contributed by atoms with Crippen LogP contribution in [-0.2, 0) is 4.79 Å². The fourth-order valence-electron chi connectivity index (χ4n) is 1.38. The van der Waals surface area contributed by atoms with Crippen LogP contribution < -0.4 is 5.32 Å². The highest BCUT2D eigenvalue weighted by molar-refractivity contribution is 5.90. The number of nitrogens with zero attached hydrogens (tertiary/aromatic N) is 1. The van der Waals surface area contributed by atoms with E-state index in [1.165, 1.54) is 0 Å². The van der Waals surface area contributed by atoms with E-state index >= 15 is 0 Å². The van der Waals surface area contributed by atoms with Crippen molar-refractivity contribution in [3.8, 4) is 0 Å². The van der Waals surface area contributed by atoms with E-state index in [0.29, 0.717) is 13.0 Å². The molecule has 0 fully saturated rings. The summed E-state index contributed by atoms with van der Waals surface area (Å²) < 4.78 is 0. The number of hydrogen-bond donors (Lipinski definition) is 2. The van der Waals surface area contributed by atoms with E-state index < -0.39 is 0 Å². The van der Waals surface area contributed by atoms with Crippen LogP contribution in [0, 0.1) is 0 Å². The van der Waals surface area contributed by atoms with Gasteiger partial charge in [-0.05, 0) is 26.1 Å². The molecule has 0 saturated carbocycles. The quantitative estimate of drug-likeness (QED) is 0.783. The summed E-state index contributed by atoms with van der Waals surface area (Å²) in [6.07, 6.45) is 0.426. The Morgan fingerprint density at radius 1 is 1.41 bits per heavy atom. The number of para-hydroxylation sites is 1. The van der Waals surface area contributed by atoms with Crippen LogP contribution in [0.25, 0.3) is 0 Å². The molecule has 1 atom stereocenters. The lowest BCUT2D eigenvalue weighted by atomic mass is 10.2. The molecule has 2 N–H and O–H groups in total. The molecule has 0 aliphatic heterocycles. The number of aliphatic hydroxyl groups excluding tert-OH is 1. The van der Waals surface area contributed by atoms with Gasteiger partial charge in [-0.3, -0.25) is 4.79 Å². The lowest BCUT2D eigenvalue weighted by Crippen LogP contribution is -2.34. The van der Waals surface area contributed by atoms with Crippen LogP contribution >= 0.6 is 0 Å². The molecule has 1 unspecified atom stereocenters. The molecule has 0 radical (unpaired) electrons. The Morgan fingerprint density at radius 2 is 2.06 bits per heavy atom. The van der Waals surface area contributed by atoms with Gasteiger partial charge < -0.3 is 15.3 Å². The van der Waals surface area contributed by atoms with Crippen LogP contribution in [0.2, 0.25) is 0 Å². The molecule has 4 heteroatoms. The van der Waals surface area contributed by atoms with Crippen molar-refractivity contribution in [2.24, 2.45) is 0 Å². The number of rotatable bonds is 6. The molecule has 0 aliphatic rings. The second-order valence-corrected chi connectivity index (χ2v) is 4.18. The molecule has 0 aromatic heterocycles. The summed E-state index contributed by atoms with van der Waals surface area (Å²) in [7, 11) is 1.90. The van der Waals surface area contributed by atoms with Crippen molar-refractivity contribution in [3.63, 3.8) is 0 Å². The summed E-state index contributed by atoms with van der Waals surface area (Å²) >= 11 is 0. The average Bonchev–Trinajstić information content (AvgIpc) is 2.36. The largest absolute Gasteiger partial charge is 0.395 e. The number of benzene rings is 1. The summed E-state index contributed by atoms with van der Waals surface area (Å²) in [5.41, 5.74) is 0.815. The lowest BCUT2D eigenvalue weighted by molar-refractivity contribution is -0.116. The Labute approximate surface area is 102 Å². The van der Waals surface area contributed by atoms with Crippen molar-refractivity contribution in [2.75, 3.05) is 25.5 Å². The first kappa shape index (κ1) is 13.7. The van der Waals surface area contributed by atoms with Crippen molar-refractivity contribution in [1.82, 2.24) is 4.90 Å². The molecule has 4 nitrogen and oxygen atoms in total. The van der Waals surface area contributed by atoms with Crippen molar-refractivity contribution >= 4 is 11.6 Å². The minimum atomic E-state index is -0.00631. The Hall–Kier alpha value is -1.39. The van der Waals surface area contributed by atoms with Crippen LogP contribution in [-0.4, -0.2) is 42.2 Å². The SMILES string of the molecule is CC(CO)N(C)CCC(=O)Nc1ccccc1. The predicted molar refractivity (Wildman–Crippen MR) is 68.9 cm³/mol. The molecule has 94 valence electrons. The van der Waals surface area contributed by atoms with E-state index in [0.717, 1.165) is 5.69 Å². The standard InChI is InChI=1S/C13H20N2O2/c1-11(10-16)15(2)9-8-13(17)14-12-6-4-3-5-7-12/h3-7,11,16H,8-10H2,1-2H3,(H,14,17). The predicted octanol–water partition coefficient (Wildman–Crippen LogP) is 1.33. The first-order valence-electron chi connectivity index (χ1n) is 5.79. The van der Waals surface area contributed by atoms with Crippen molar-refractivity contribution in [2.45, 2.75) is 19.4 Å². The fourth-order valence-corrected chi connectivity index (χ4v) is 1.38. The van der Waals surface area contributed by atoms with Gasteiger partial charge in [0.25, 0.3) is 0 Å². The molecule has 1 amide bonds. The minimum absolute atomic E-state index is 0.00631. The zero-order valence-electron chi connectivity index (χ0n) is 10.4. The second-order valence-electron chi connectivity index (χ2n) is 4.18. The zero-order chi connectivity index (χ0) is 12.7. The van der Waals surface area contributed by atoms with E-state index in [1.807, 2.05) is 49.2 Å². The van der Waals surface area contributed by atoms with Crippen molar-refractivity contribution < 1.29 is 9.90 Å². The first-order chi connectivity index (χ1) is 8.13. The van der Waals surface area contributed by atoms with Gasteiger partial charge in [0.05, 0.1) is 6.61 Å². The number of likely N-dealkylation sites (N-methyl/N-ethyl adjacent to an activating group) is 1. The van der Waals surface area contributed by atoms with Gasteiger partial charge in [-0.25, -0.2) is 0 Å². The molecule has 0 spiro atoms. The fraction of sp³-hybridized carbons (Fsp3) is 0.462. The Bertz CT molecular complexity index is 341. The molecule has 0 saturated heterocycles. The van der Waals surface area contributed by atoms with Crippen LogP contribution in [0.15, 0.2) is 30.3 Å². The minimum Gasteiger partial charge on any atom is -0.395 e. The van der Waals surface area contributed by atoms with Crippen molar-refractivity contribution in [1.29, 1.82) is 0 Å². The summed E-state index contributed by atoms with van der Waals surface area (Å²) in [6, 6.07) is 9.48. The Morgan fingerprint density at radius 3 is 2.65 bits per heavy atom. The lowest BCUT2D eigenvalue weighted by Gasteiger charge is -2.22. The van der Waals surface area contributed by atoms with Gasteiger partial charge in [-0.1, -0.05) is 18.2 Å². The number of aliphatic hydroxyl groups is 1. The Balaban J connectivity index is 2.31. The molecule has 0 bridgehead atoms. The van der Waals surface area contributed by atoms with Gasteiger partial charge in [0.2, 0.25) is 5.91 Å². The van der Waals surface area contributed by atoms with Gasteiger partial charge in [0.15, 0.2) is 0 Å². The summed E-state index contributed by atoms with van der Waals surface area (Å²) in [5.74, 6) is -0.00631. The van der Waals surface area contributed by atoms with Crippen LogP contribution in [0.1, 0.15) is 13.3 Å². The average molecular weight is 236 g/mol. The summed E-state index contributed by atoms with van der Waals surface area (Å²) in [5, 5.41) is 11.8. The number of nitrogens with one attached hydrogen (secondary N) is 1.